The molecule has 2 aliphatic heterocycles. The van der Waals surface area contributed by atoms with Crippen LogP contribution in [-0.4, -0.2) is 64.3 Å². The van der Waals surface area contributed by atoms with E-state index in [0.29, 0.717) is 18.4 Å². The molecular formula is C25H42O6. The molecule has 178 valence electrons. The zero-order chi connectivity index (χ0) is 22.7. The molecule has 0 aromatic heterocycles. The average molecular weight is 439 g/mol. The van der Waals surface area contributed by atoms with Crippen LogP contribution in [0.15, 0.2) is 12.7 Å². The molecule has 10 unspecified atom stereocenters. The molecular weight excluding hydrogens is 396 g/mol. The molecule has 0 bridgehead atoms. The number of aliphatic hydroxyl groups is 3. The maximum absolute atomic E-state index is 10.3. The van der Waals surface area contributed by atoms with Gasteiger partial charge in [0.05, 0.1) is 24.4 Å². The number of rotatable bonds is 4. The Morgan fingerprint density at radius 3 is 2.39 bits per heavy atom. The fourth-order valence-electron chi connectivity index (χ4n) is 7.70. The molecule has 0 aromatic carbocycles. The van der Waals surface area contributed by atoms with E-state index in [1.165, 1.54) is 6.42 Å². The summed E-state index contributed by atoms with van der Waals surface area (Å²) in [6.07, 6.45) is 5.23. The van der Waals surface area contributed by atoms with E-state index in [2.05, 4.69) is 34.3 Å². The van der Waals surface area contributed by atoms with E-state index in [1.54, 1.807) is 0 Å². The van der Waals surface area contributed by atoms with Gasteiger partial charge in [-0.15, -0.1) is 6.58 Å². The van der Waals surface area contributed by atoms with E-state index >= 15 is 0 Å². The largest absolute Gasteiger partial charge is 0.388 e. The Kier molecular flexibility index (Phi) is 6.15. The quantitative estimate of drug-likeness (QED) is 0.585. The lowest BCUT2D eigenvalue weighted by molar-refractivity contribution is -0.289. The molecule has 2 heterocycles. The maximum atomic E-state index is 10.3. The van der Waals surface area contributed by atoms with Gasteiger partial charge in [0.15, 0.2) is 6.29 Å². The topological polar surface area (TPSA) is 88.4 Å². The Morgan fingerprint density at radius 2 is 1.68 bits per heavy atom. The predicted octanol–water partition coefficient (Wildman–Crippen LogP) is 3.18. The smallest absolute Gasteiger partial charge is 0.186 e. The monoisotopic (exact) mass is 438 g/mol. The van der Waals surface area contributed by atoms with Crippen LogP contribution < -0.4 is 0 Å². The summed E-state index contributed by atoms with van der Waals surface area (Å²) in [6, 6.07) is 0. The molecule has 0 spiro atoms. The summed E-state index contributed by atoms with van der Waals surface area (Å²) in [5.41, 5.74) is -0.227. The molecule has 0 radical (unpaired) electrons. The van der Waals surface area contributed by atoms with Crippen LogP contribution in [0, 0.1) is 22.7 Å². The minimum Gasteiger partial charge on any atom is -0.388 e. The summed E-state index contributed by atoms with van der Waals surface area (Å²) in [7, 11) is 0. The molecule has 4 rings (SSSR count). The number of fused-ring (bicyclic) bond motifs is 3. The Bertz CT molecular complexity index is 685. The van der Waals surface area contributed by atoms with Gasteiger partial charge in [-0.3, -0.25) is 0 Å². The first-order chi connectivity index (χ1) is 14.5. The number of hydrogen-bond donors (Lipinski definition) is 3. The summed E-state index contributed by atoms with van der Waals surface area (Å²) in [5, 5.41) is 30.0. The van der Waals surface area contributed by atoms with Crippen molar-refractivity contribution in [2.75, 3.05) is 13.2 Å². The van der Waals surface area contributed by atoms with Gasteiger partial charge in [-0.2, -0.15) is 0 Å². The average Bonchev–Trinajstić information content (AvgIpc) is 2.70. The molecule has 0 aromatic rings. The lowest BCUT2D eigenvalue weighted by Gasteiger charge is -2.65. The molecule has 10 atom stereocenters. The molecule has 2 saturated carbocycles. The highest BCUT2D eigenvalue weighted by Gasteiger charge is 2.62. The van der Waals surface area contributed by atoms with Crippen molar-refractivity contribution >= 4 is 0 Å². The van der Waals surface area contributed by atoms with E-state index in [-0.39, 0.29) is 28.6 Å². The first-order valence-corrected chi connectivity index (χ1v) is 12.1. The minimum absolute atomic E-state index is 0.0272. The second-order valence-corrected chi connectivity index (χ2v) is 11.7. The van der Waals surface area contributed by atoms with Gasteiger partial charge in [0.25, 0.3) is 0 Å². The van der Waals surface area contributed by atoms with Gasteiger partial charge in [-0.1, -0.05) is 26.3 Å². The van der Waals surface area contributed by atoms with Gasteiger partial charge in [0.2, 0.25) is 0 Å². The first kappa shape index (κ1) is 23.7. The van der Waals surface area contributed by atoms with Gasteiger partial charge >= 0.3 is 0 Å². The summed E-state index contributed by atoms with van der Waals surface area (Å²) in [4.78, 5) is 0. The van der Waals surface area contributed by atoms with Gasteiger partial charge in [0.1, 0.15) is 18.3 Å². The SMILES string of the molecule is C=CC1(C)CCC2C(C)(CCC3C(C)(COC4OCC(O)C(O)C4O)CCCC32C)O1. The Hall–Kier alpha value is -0.500. The van der Waals surface area contributed by atoms with Crippen LogP contribution in [0.5, 0.6) is 0 Å². The highest BCUT2D eigenvalue weighted by molar-refractivity contribution is 5.13. The third kappa shape index (κ3) is 3.91. The van der Waals surface area contributed by atoms with Crippen molar-refractivity contribution in [2.45, 2.75) is 108 Å². The molecule has 3 N–H and O–H groups in total. The number of aliphatic hydroxyl groups excluding tert-OH is 3. The second-order valence-electron chi connectivity index (χ2n) is 11.7. The van der Waals surface area contributed by atoms with Crippen LogP contribution >= 0.6 is 0 Å². The molecule has 31 heavy (non-hydrogen) atoms. The predicted molar refractivity (Wildman–Crippen MR) is 117 cm³/mol. The third-order valence-corrected chi connectivity index (χ3v) is 9.42. The highest BCUT2D eigenvalue weighted by atomic mass is 16.7. The minimum atomic E-state index is -1.24. The Labute approximate surface area is 187 Å². The fraction of sp³-hybridized carbons (Fsp3) is 0.920. The zero-order valence-corrected chi connectivity index (χ0v) is 19.7. The zero-order valence-electron chi connectivity index (χ0n) is 19.7. The van der Waals surface area contributed by atoms with Crippen LogP contribution in [0.25, 0.3) is 0 Å². The van der Waals surface area contributed by atoms with E-state index in [1.807, 2.05) is 6.08 Å². The summed E-state index contributed by atoms with van der Waals surface area (Å²) in [5.74, 6) is 1.000. The van der Waals surface area contributed by atoms with E-state index in [9.17, 15) is 15.3 Å². The van der Waals surface area contributed by atoms with Crippen LogP contribution in [0.1, 0.15) is 72.6 Å². The molecule has 4 aliphatic rings. The van der Waals surface area contributed by atoms with Gasteiger partial charge in [-0.05, 0) is 75.0 Å². The van der Waals surface area contributed by atoms with Crippen molar-refractivity contribution in [1.29, 1.82) is 0 Å². The first-order valence-electron chi connectivity index (χ1n) is 12.1. The van der Waals surface area contributed by atoms with Crippen molar-refractivity contribution in [1.82, 2.24) is 0 Å². The summed E-state index contributed by atoms with van der Waals surface area (Å²) in [6.45, 7) is 13.7. The fourth-order valence-corrected chi connectivity index (χ4v) is 7.70. The molecule has 0 amide bonds. The third-order valence-electron chi connectivity index (χ3n) is 9.42. The standard InChI is InChI=1S/C25H42O6/c1-6-23(3)12-8-18-24(4)11-7-10-22(2,17(24)9-13-25(18,5)31-23)15-30-21-20(28)19(27)16(26)14-29-21/h6,16-21,26-28H,1,7-15H2,2-5H3. The maximum Gasteiger partial charge on any atom is 0.186 e. The van der Waals surface area contributed by atoms with E-state index in [0.717, 1.165) is 38.5 Å². The van der Waals surface area contributed by atoms with Crippen LogP contribution in [0.3, 0.4) is 0 Å². The van der Waals surface area contributed by atoms with E-state index < -0.39 is 24.6 Å². The lowest BCUT2D eigenvalue weighted by Crippen LogP contribution is -2.63. The number of ether oxygens (including phenoxy) is 3. The molecule has 2 saturated heterocycles. The molecule has 2 aliphatic carbocycles. The van der Waals surface area contributed by atoms with Crippen molar-refractivity contribution in [3.05, 3.63) is 12.7 Å². The van der Waals surface area contributed by atoms with Gasteiger partial charge in [-0.25, -0.2) is 0 Å². The van der Waals surface area contributed by atoms with Crippen LogP contribution in [0.4, 0.5) is 0 Å². The lowest BCUT2D eigenvalue weighted by atomic mass is 9.44. The normalized spacial score (nSPS) is 55.2. The molecule has 6 heteroatoms. The van der Waals surface area contributed by atoms with Gasteiger partial charge < -0.3 is 29.5 Å². The van der Waals surface area contributed by atoms with Crippen molar-refractivity contribution in [3.8, 4) is 0 Å². The van der Waals surface area contributed by atoms with Crippen LogP contribution in [0.2, 0.25) is 0 Å². The van der Waals surface area contributed by atoms with Crippen LogP contribution in [-0.2, 0) is 14.2 Å². The number of hydrogen-bond acceptors (Lipinski definition) is 6. The Morgan fingerprint density at radius 1 is 0.968 bits per heavy atom. The molecule has 6 nitrogen and oxygen atoms in total. The van der Waals surface area contributed by atoms with Crippen molar-refractivity contribution in [2.24, 2.45) is 22.7 Å². The van der Waals surface area contributed by atoms with Crippen molar-refractivity contribution < 1.29 is 29.5 Å². The van der Waals surface area contributed by atoms with Gasteiger partial charge in [0, 0.05) is 0 Å². The second kappa shape index (κ2) is 8.07. The highest BCUT2D eigenvalue weighted by Crippen LogP contribution is 2.65. The summed E-state index contributed by atoms with van der Waals surface area (Å²) >= 11 is 0. The van der Waals surface area contributed by atoms with E-state index in [4.69, 9.17) is 14.2 Å². The molecule has 4 fully saturated rings. The summed E-state index contributed by atoms with van der Waals surface area (Å²) < 4.78 is 18.3. The van der Waals surface area contributed by atoms with Crippen molar-refractivity contribution in [3.63, 3.8) is 0 Å². The Balaban J connectivity index is 1.50.